The first-order valence-electron chi connectivity index (χ1n) is 6.73. The molecule has 1 N–H and O–H groups in total. The van der Waals surface area contributed by atoms with E-state index in [-0.39, 0.29) is 18.1 Å². The zero-order valence-electron chi connectivity index (χ0n) is 11.3. The minimum Gasteiger partial charge on any atom is -0.441 e. The summed E-state index contributed by atoms with van der Waals surface area (Å²) in [4.78, 5) is 22.9. The van der Waals surface area contributed by atoms with Crippen LogP contribution in [0.5, 0.6) is 0 Å². The first-order valence-corrected chi connectivity index (χ1v) is 6.73. The van der Waals surface area contributed by atoms with Crippen LogP contribution in [0.15, 0.2) is 24.3 Å². The van der Waals surface area contributed by atoms with Crippen molar-refractivity contribution >= 4 is 17.7 Å². The second-order valence-corrected chi connectivity index (χ2v) is 5.03. The molecule has 0 spiro atoms. The monoisotopic (exact) mass is 275 g/mol. The molecule has 0 radical (unpaired) electrons. The van der Waals surface area contributed by atoms with Crippen LogP contribution in [0.2, 0.25) is 0 Å². The van der Waals surface area contributed by atoms with E-state index in [0.29, 0.717) is 13.1 Å². The standard InChI is InChI=1S/C14H17N3O3/c1-10(18)15-8-12-9-17(14(19)20-12)16-7-6-11-4-2-3-5-13(11)16/h2-5,12H,6-9H2,1H3,(H,15,18)/t12-/m0/s1. The number of nitrogens with one attached hydrogen (secondary N) is 1. The van der Waals surface area contributed by atoms with Crippen LogP contribution in [-0.4, -0.2) is 42.7 Å². The third-order valence-corrected chi connectivity index (χ3v) is 3.59. The van der Waals surface area contributed by atoms with Gasteiger partial charge in [0.2, 0.25) is 5.91 Å². The Kier molecular flexibility index (Phi) is 3.22. The SMILES string of the molecule is CC(=O)NC[C@H]1CN(N2CCc3ccccc32)C(=O)O1. The van der Waals surface area contributed by atoms with Gasteiger partial charge in [0, 0.05) is 13.5 Å². The number of amides is 2. The molecule has 1 atom stereocenters. The van der Waals surface area contributed by atoms with E-state index < -0.39 is 0 Å². The second-order valence-electron chi connectivity index (χ2n) is 5.03. The van der Waals surface area contributed by atoms with E-state index in [0.717, 1.165) is 18.7 Å². The van der Waals surface area contributed by atoms with Crippen LogP contribution >= 0.6 is 0 Å². The average molecular weight is 275 g/mol. The van der Waals surface area contributed by atoms with E-state index in [1.807, 2.05) is 23.2 Å². The van der Waals surface area contributed by atoms with Gasteiger partial charge in [-0.1, -0.05) is 18.2 Å². The number of anilines is 1. The molecule has 0 aliphatic carbocycles. The predicted octanol–water partition coefficient (Wildman–Crippen LogP) is 0.921. The summed E-state index contributed by atoms with van der Waals surface area (Å²) >= 11 is 0. The molecule has 6 nitrogen and oxygen atoms in total. The summed E-state index contributed by atoms with van der Waals surface area (Å²) < 4.78 is 5.28. The van der Waals surface area contributed by atoms with Crippen molar-refractivity contribution in [2.24, 2.45) is 0 Å². The minimum atomic E-state index is -0.350. The number of hydrogen-bond acceptors (Lipinski definition) is 4. The van der Waals surface area contributed by atoms with Crippen molar-refractivity contribution in [3.05, 3.63) is 29.8 Å². The van der Waals surface area contributed by atoms with Crippen molar-refractivity contribution in [3.63, 3.8) is 0 Å². The number of para-hydroxylation sites is 1. The number of benzene rings is 1. The Morgan fingerprint density at radius 1 is 1.40 bits per heavy atom. The average Bonchev–Trinajstić information content (AvgIpc) is 2.99. The first kappa shape index (κ1) is 12.8. The summed E-state index contributed by atoms with van der Waals surface area (Å²) in [6.45, 7) is 3.05. The van der Waals surface area contributed by atoms with Crippen LogP contribution < -0.4 is 10.3 Å². The molecule has 3 rings (SSSR count). The Labute approximate surface area is 117 Å². The molecule has 0 bridgehead atoms. The van der Waals surface area contributed by atoms with Gasteiger partial charge >= 0.3 is 6.09 Å². The minimum absolute atomic E-state index is 0.119. The van der Waals surface area contributed by atoms with E-state index in [1.165, 1.54) is 12.5 Å². The van der Waals surface area contributed by atoms with Crippen LogP contribution in [0, 0.1) is 0 Å². The zero-order chi connectivity index (χ0) is 14.1. The van der Waals surface area contributed by atoms with Gasteiger partial charge < -0.3 is 10.1 Å². The lowest BCUT2D eigenvalue weighted by Gasteiger charge is -2.27. The molecule has 0 aromatic heterocycles. The maximum Gasteiger partial charge on any atom is 0.429 e. The number of cyclic esters (lactones) is 1. The third-order valence-electron chi connectivity index (χ3n) is 3.59. The molecule has 20 heavy (non-hydrogen) atoms. The lowest BCUT2D eigenvalue weighted by Crippen LogP contribution is -2.43. The smallest absolute Gasteiger partial charge is 0.429 e. The Morgan fingerprint density at radius 2 is 2.20 bits per heavy atom. The van der Waals surface area contributed by atoms with Crippen molar-refractivity contribution < 1.29 is 14.3 Å². The molecule has 1 fully saturated rings. The van der Waals surface area contributed by atoms with Gasteiger partial charge in [-0.25, -0.2) is 9.80 Å². The lowest BCUT2D eigenvalue weighted by atomic mass is 10.2. The molecule has 1 aromatic rings. The first-order chi connectivity index (χ1) is 9.65. The van der Waals surface area contributed by atoms with Crippen LogP contribution in [0.25, 0.3) is 0 Å². The van der Waals surface area contributed by atoms with Crippen LogP contribution in [0.3, 0.4) is 0 Å². The van der Waals surface area contributed by atoms with Crippen molar-refractivity contribution in [1.29, 1.82) is 0 Å². The Balaban J connectivity index is 1.70. The highest BCUT2D eigenvalue weighted by atomic mass is 16.6. The maximum atomic E-state index is 12.0. The Bertz CT molecular complexity index is 546. The summed E-state index contributed by atoms with van der Waals surface area (Å²) in [6, 6.07) is 8.06. The van der Waals surface area contributed by atoms with Crippen molar-refractivity contribution in [3.8, 4) is 0 Å². The van der Waals surface area contributed by atoms with Crippen molar-refractivity contribution in [1.82, 2.24) is 10.3 Å². The van der Waals surface area contributed by atoms with Crippen molar-refractivity contribution in [2.75, 3.05) is 24.6 Å². The van der Waals surface area contributed by atoms with Gasteiger partial charge in [0.1, 0.15) is 6.10 Å². The number of nitrogens with zero attached hydrogens (tertiary/aromatic N) is 2. The van der Waals surface area contributed by atoms with Crippen molar-refractivity contribution in [2.45, 2.75) is 19.4 Å². The Hall–Kier alpha value is -2.24. The van der Waals surface area contributed by atoms with Gasteiger partial charge in [-0.2, -0.15) is 0 Å². The second kappa shape index (κ2) is 5.03. The van der Waals surface area contributed by atoms with Gasteiger partial charge in [0.15, 0.2) is 0 Å². The Morgan fingerprint density at radius 3 is 3.00 bits per heavy atom. The van der Waals surface area contributed by atoms with E-state index in [4.69, 9.17) is 4.74 Å². The summed E-state index contributed by atoms with van der Waals surface area (Å²) in [6.07, 6.45) is 0.285. The number of ether oxygens (including phenoxy) is 1. The highest BCUT2D eigenvalue weighted by molar-refractivity contribution is 5.75. The van der Waals surface area contributed by atoms with Gasteiger partial charge in [-0.15, -0.1) is 0 Å². The molecule has 0 unspecified atom stereocenters. The molecule has 1 aromatic carbocycles. The number of carbonyl (C=O) groups is 2. The third kappa shape index (κ3) is 2.29. The number of rotatable bonds is 3. The molecular weight excluding hydrogens is 258 g/mol. The molecular formula is C14H17N3O3. The molecule has 0 saturated carbocycles. The number of hydrazine groups is 1. The molecule has 2 amide bonds. The molecule has 2 aliphatic rings. The van der Waals surface area contributed by atoms with E-state index in [1.54, 1.807) is 5.01 Å². The number of fused-ring (bicyclic) bond motifs is 1. The fraction of sp³-hybridized carbons (Fsp3) is 0.429. The predicted molar refractivity (Wildman–Crippen MR) is 73.2 cm³/mol. The summed E-state index contributed by atoms with van der Waals surface area (Å²) in [5.74, 6) is -0.119. The fourth-order valence-electron chi connectivity index (χ4n) is 2.64. The van der Waals surface area contributed by atoms with Crippen LogP contribution in [0.1, 0.15) is 12.5 Å². The lowest BCUT2D eigenvalue weighted by molar-refractivity contribution is -0.119. The normalized spacial score (nSPS) is 20.9. The summed E-state index contributed by atoms with van der Waals surface area (Å²) in [7, 11) is 0. The zero-order valence-corrected chi connectivity index (χ0v) is 11.3. The molecule has 2 heterocycles. The van der Waals surface area contributed by atoms with Crippen LogP contribution in [0.4, 0.5) is 10.5 Å². The maximum absolute atomic E-state index is 12.0. The van der Waals surface area contributed by atoms with Gasteiger partial charge in [0.05, 0.1) is 18.8 Å². The van der Waals surface area contributed by atoms with Gasteiger partial charge in [-0.3, -0.25) is 9.80 Å². The summed E-state index contributed by atoms with van der Waals surface area (Å²) in [5, 5.41) is 6.26. The van der Waals surface area contributed by atoms with E-state index >= 15 is 0 Å². The fourth-order valence-corrected chi connectivity index (χ4v) is 2.64. The van der Waals surface area contributed by atoms with Gasteiger partial charge in [0.25, 0.3) is 0 Å². The highest BCUT2D eigenvalue weighted by Gasteiger charge is 2.37. The molecule has 2 aliphatic heterocycles. The quantitative estimate of drug-likeness (QED) is 0.891. The molecule has 6 heteroatoms. The molecule has 106 valence electrons. The number of hydrogen-bond donors (Lipinski definition) is 1. The summed E-state index contributed by atoms with van der Waals surface area (Å²) in [5.41, 5.74) is 2.30. The van der Waals surface area contributed by atoms with Gasteiger partial charge in [-0.05, 0) is 18.1 Å². The van der Waals surface area contributed by atoms with Crippen LogP contribution in [-0.2, 0) is 16.0 Å². The van der Waals surface area contributed by atoms with E-state index in [9.17, 15) is 9.59 Å². The largest absolute Gasteiger partial charge is 0.441 e. The number of carbonyl (C=O) groups excluding carboxylic acids is 2. The molecule has 1 saturated heterocycles. The topological polar surface area (TPSA) is 61.9 Å². The van der Waals surface area contributed by atoms with E-state index in [2.05, 4.69) is 11.4 Å². The highest BCUT2D eigenvalue weighted by Crippen LogP contribution is 2.30.